The van der Waals surface area contributed by atoms with E-state index in [-0.39, 0.29) is 11.8 Å². The standard InChI is InChI=1S/C25H13F12IN2O2/c1-40(21(42)18-15(26)6-3-7-16(18)27)13-5-2-4-11(8-13)20(41)39-19-14(23(29,30)31)9-12(10-17(19)38)22(28,24(32,33)34)25(35,36)37/h2-10H,1H3,(H,39,41). The smallest absolute Gasteiger partial charge is 0.320 e. The number of hydrogen-bond acceptors (Lipinski definition) is 2. The largest absolute Gasteiger partial charge is 0.435 e. The van der Waals surface area contributed by atoms with Gasteiger partial charge in [-0.1, -0.05) is 12.1 Å². The fourth-order valence-corrected chi connectivity index (χ4v) is 4.43. The third kappa shape index (κ3) is 6.14. The molecule has 42 heavy (non-hydrogen) atoms. The monoisotopic (exact) mass is 728 g/mol. The fraction of sp³-hybridized carbons (Fsp3) is 0.200. The number of nitrogens with one attached hydrogen (secondary N) is 1. The molecule has 226 valence electrons. The molecule has 3 rings (SSSR count). The van der Waals surface area contributed by atoms with Crippen LogP contribution in [0.3, 0.4) is 0 Å². The van der Waals surface area contributed by atoms with Gasteiger partial charge in [0.05, 0.1) is 11.3 Å². The SMILES string of the molecule is CN(C(=O)c1c(F)cccc1F)c1cccc(C(=O)Nc2c(I)cc(C(F)(C(F)(F)F)C(F)(F)F)cc2C(F)(F)F)c1. The van der Waals surface area contributed by atoms with E-state index in [0.717, 1.165) is 66.0 Å². The predicted molar refractivity (Wildman–Crippen MR) is 133 cm³/mol. The Kier molecular flexibility index (Phi) is 8.87. The zero-order valence-electron chi connectivity index (χ0n) is 20.4. The van der Waals surface area contributed by atoms with Gasteiger partial charge in [-0.2, -0.15) is 39.5 Å². The van der Waals surface area contributed by atoms with Crippen LogP contribution < -0.4 is 10.2 Å². The molecule has 0 saturated carbocycles. The van der Waals surface area contributed by atoms with Gasteiger partial charge in [0.25, 0.3) is 11.8 Å². The Labute approximate surface area is 241 Å². The highest BCUT2D eigenvalue weighted by atomic mass is 127. The quantitative estimate of drug-likeness (QED) is 0.212. The first-order valence-corrected chi connectivity index (χ1v) is 12.1. The summed E-state index contributed by atoms with van der Waals surface area (Å²) in [5.41, 5.74) is -13.7. The number of alkyl halides is 10. The summed E-state index contributed by atoms with van der Waals surface area (Å²) in [5.74, 6) is -5.03. The lowest BCUT2D eigenvalue weighted by molar-refractivity contribution is -0.348. The van der Waals surface area contributed by atoms with Gasteiger partial charge in [0.15, 0.2) is 0 Å². The van der Waals surface area contributed by atoms with Crippen LogP contribution in [0.5, 0.6) is 0 Å². The average molecular weight is 728 g/mol. The number of benzene rings is 3. The van der Waals surface area contributed by atoms with Crippen LogP contribution in [-0.2, 0) is 11.8 Å². The number of halogens is 13. The first-order chi connectivity index (χ1) is 19.1. The zero-order valence-corrected chi connectivity index (χ0v) is 22.5. The van der Waals surface area contributed by atoms with Gasteiger partial charge in [-0.3, -0.25) is 9.59 Å². The second-order valence-electron chi connectivity index (χ2n) is 8.50. The Morgan fingerprint density at radius 3 is 1.81 bits per heavy atom. The summed E-state index contributed by atoms with van der Waals surface area (Å²) in [5, 5.41) is 1.73. The van der Waals surface area contributed by atoms with Crippen molar-refractivity contribution in [1.29, 1.82) is 0 Å². The summed E-state index contributed by atoms with van der Waals surface area (Å²) in [6.07, 6.45) is -19.1. The highest BCUT2D eigenvalue weighted by Gasteiger charge is 2.73. The second-order valence-corrected chi connectivity index (χ2v) is 9.66. The van der Waals surface area contributed by atoms with E-state index in [4.69, 9.17) is 0 Å². The predicted octanol–water partition coefficient (Wildman–Crippen LogP) is 8.41. The maximum atomic E-state index is 14.5. The summed E-state index contributed by atoms with van der Waals surface area (Å²) >= 11 is 0.899. The van der Waals surface area contributed by atoms with E-state index >= 15 is 0 Å². The van der Waals surface area contributed by atoms with E-state index in [9.17, 15) is 62.3 Å². The minimum atomic E-state index is -6.70. The maximum absolute atomic E-state index is 14.5. The summed E-state index contributed by atoms with van der Waals surface area (Å²) in [7, 11) is 1.05. The Morgan fingerprint density at radius 2 is 1.31 bits per heavy atom. The Morgan fingerprint density at radius 1 is 0.786 bits per heavy atom. The molecule has 0 fully saturated rings. The van der Waals surface area contributed by atoms with Crippen LogP contribution >= 0.6 is 22.6 Å². The van der Waals surface area contributed by atoms with Crippen molar-refractivity contribution in [3.63, 3.8) is 0 Å². The molecule has 0 aromatic heterocycles. The summed E-state index contributed by atoms with van der Waals surface area (Å²) < 4.78 is 162. The van der Waals surface area contributed by atoms with Crippen LogP contribution in [0, 0.1) is 15.2 Å². The van der Waals surface area contributed by atoms with Crippen LogP contribution in [0.1, 0.15) is 31.8 Å². The van der Waals surface area contributed by atoms with Crippen molar-refractivity contribution < 1.29 is 62.3 Å². The van der Waals surface area contributed by atoms with Crippen molar-refractivity contribution in [2.24, 2.45) is 0 Å². The molecular formula is C25H13F12IN2O2. The minimum Gasteiger partial charge on any atom is -0.320 e. The summed E-state index contributed by atoms with van der Waals surface area (Å²) in [6, 6.07) is 5.97. The van der Waals surface area contributed by atoms with Crippen LogP contribution in [-0.4, -0.2) is 31.2 Å². The van der Waals surface area contributed by atoms with Crippen LogP contribution in [0.15, 0.2) is 54.6 Å². The van der Waals surface area contributed by atoms with Crippen molar-refractivity contribution in [3.8, 4) is 0 Å². The first kappa shape index (κ1) is 33.0. The minimum absolute atomic E-state index is 0.141. The lowest BCUT2D eigenvalue weighted by atomic mass is 9.92. The van der Waals surface area contributed by atoms with Gasteiger partial charge in [0.1, 0.15) is 17.2 Å². The van der Waals surface area contributed by atoms with Gasteiger partial charge in [-0.25, -0.2) is 13.2 Å². The lowest BCUT2D eigenvalue weighted by Crippen LogP contribution is -2.50. The number of rotatable bonds is 5. The highest BCUT2D eigenvalue weighted by Crippen LogP contribution is 2.54. The number of nitrogens with zero attached hydrogens (tertiary/aromatic N) is 1. The third-order valence-electron chi connectivity index (χ3n) is 5.79. The van der Waals surface area contributed by atoms with E-state index in [1.165, 1.54) is 6.07 Å². The number of amides is 2. The topological polar surface area (TPSA) is 49.4 Å². The number of carbonyl (C=O) groups is 2. The molecule has 0 aliphatic heterocycles. The molecular weight excluding hydrogens is 715 g/mol. The summed E-state index contributed by atoms with van der Waals surface area (Å²) in [6.45, 7) is 0. The van der Waals surface area contributed by atoms with Crippen molar-refractivity contribution in [2.75, 3.05) is 17.3 Å². The van der Waals surface area contributed by atoms with Gasteiger partial charge in [0, 0.05) is 27.4 Å². The molecule has 0 aliphatic rings. The van der Waals surface area contributed by atoms with E-state index in [0.29, 0.717) is 4.90 Å². The van der Waals surface area contributed by atoms with Crippen molar-refractivity contribution in [3.05, 3.63) is 92.1 Å². The molecule has 0 atom stereocenters. The van der Waals surface area contributed by atoms with Gasteiger partial charge in [-0.15, -0.1) is 0 Å². The molecule has 3 aromatic carbocycles. The molecule has 2 amide bonds. The van der Waals surface area contributed by atoms with Crippen LogP contribution in [0.4, 0.5) is 64.1 Å². The van der Waals surface area contributed by atoms with E-state index in [1.807, 2.05) is 0 Å². The van der Waals surface area contributed by atoms with Crippen molar-refractivity contribution in [2.45, 2.75) is 24.2 Å². The molecule has 0 saturated heterocycles. The Hall–Kier alpha value is -3.51. The third-order valence-corrected chi connectivity index (χ3v) is 6.64. The molecule has 0 bridgehead atoms. The Balaban J connectivity index is 2.04. The molecule has 1 N–H and O–H groups in total. The summed E-state index contributed by atoms with van der Waals surface area (Å²) in [4.78, 5) is 26.2. The van der Waals surface area contributed by atoms with Crippen LogP contribution in [0.2, 0.25) is 0 Å². The normalized spacial score (nSPS) is 12.7. The maximum Gasteiger partial charge on any atom is 0.435 e. The van der Waals surface area contributed by atoms with Gasteiger partial charge in [-0.05, 0) is 65.1 Å². The van der Waals surface area contributed by atoms with Crippen molar-refractivity contribution in [1.82, 2.24) is 0 Å². The molecule has 4 nitrogen and oxygen atoms in total. The van der Waals surface area contributed by atoms with E-state index < -0.39 is 85.2 Å². The zero-order chi connectivity index (χ0) is 32.0. The fourth-order valence-electron chi connectivity index (χ4n) is 3.67. The van der Waals surface area contributed by atoms with Gasteiger partial charge >= 0.3 is 24.2 Å². The second kappa shape index (κ2) is 11.3. The molecule has 0 radical (unpaired) electrons. The molecule has 0 unspecified atom stereocenters. The first-order valence-electron chi connectivity index (χ1n) is 11.0. The molecule has 3 aromatic rings. The number of anilines is 2. The molecule has 0 aliphatic carbocycles. The average Bonchev–Trinajstić information content (AvgIpc) is 2.86. The molecule has 0 heterocycles. The number of hydrogen-bond donors (Lipinski definition) is 1. The number of carbonyl (C=O) groups excluding carboxylic acids is 2. The van der Waals surface area contributed by atoms with E-state index in [1.54, 1.807) is 5.32 Å². The lowest BCUT2D eigenvalue weighted by Gasteiger charge is -2.31. The Bertz CT molecular complexity index is 1500. The van der Waals surface area contributed by atoms with E-state index in [2.05, 4.69) is 0 Å². The van der Waals surface area contributed by atoms with Crippen molar-refractivity contribution >= 4 is 45.8 Å². The van der Waals surface area contributed by atoms with Gasteiger partial charge < -0.3 is 10.2 Å². The van der Waals surface area contributed by atoms with Crippen LogP contribution in [0.25, 0.3) is 0 Å². The molecule has 17 heteroatoms. The molecule has 0 spiro atoms. The van der Waals surface area contributed by atoms with Gasteiger partial charge in [0.2, 0.25) is 0 Å². The highest BCUT2D eigenvalue weighted by molar-refractivity contribution is 14.1.